The molecule has 0 aliphatic heterocycles. The molecule has 7 heteroatoms. The number of nitro groups is 1. The Kier molecular flexibility index (Phi) is 3.77. The van der Waals surface area contributed by atoms with Gasteiger partial charge in [-0.3, -0.25) is 0 Å². The van der Waals surface area contributed by atoms with Crippen molar-refractivity contribution < 1.29 is 4.92 Å². The van der Waals surface area contributed by atoms with Gasteiger partial charge >= 0.3 is 5.82 Å². The molecule has 15 heavy (non-hydrogen) atoms. The lowest BCUT2D eigenvalue weighted by atomic mass is 9.97. The van der Waals surface area contributed by atoms with E-state index in [1.807, 2.05) is 13.8 Å². The molecule has 1 aromatic heterocycles. The van der Waals surface area contributed by atoms with Gasteiger partial charge in [-0.25, -0.2) is 0 Å². The maximum atomic E-state index is 10.6. The molecule has 1 rings (SSSR count). The molecule has 0 saturated carbocycles. The molecule has 0 radical (unpaired) electrons. The number of thiol groups is 1. The van der Waals surface area contributed by atoms with E-state index < -0.39 is 4.92 Å². The Labute approximate surface area is 102 Å². The highest BCUT2D eigenvalue weighted by atomic mass is 79.9. The largest absolute Gasteiger partial charge is 0.404 e. The maximum absolute atomic E-state index is 10.6. The molecule has 0 atom stereocenters. The minimum Gasteiger partial charge on any atom is -0.358 e. The van der Waals surface area contributed by atoms with E-state index in [9.17, 15) is 10.1 Å². The van der Waals surface area contributed by atoms with Crippen molar-refractivity contribution in [3.05, 3.63) is 20.8 Å². The number of hydrogen-bond donors (Lipinski definition) is 1. The molecule has 0 spiro atoms. The monoisotopic (exact) mass is 293 g/mol. The molecule has 0 unspecified atom stereocenters. The van der Waals surface area contributed by atoms with Gasteiger partial charge in [0.25, 0.3) is 0 Å². The molecular formula is C8H12BrN3O2S. The van der Waals surface area contributed by atoms with Crippen LogP contribution in [0, 0.1) is 15.5 Å². The third-order valence-corrected chi connectivity index (χ3v) is 3.31. The maximum Gasteiger partial charge on any atom is 0.404 e. The first-order valence-electron chi connectivity index (χ1n) is 4.34. The van der Waals surface area contributed by atoms with Crippen molar-refractivity contribution in [2.45, 2.75) is 20.4 Å². The summed E-state index contributed by atoms with van der Waals surface area (Å²) in [5.74, 6) is 0.545. The van der Waals surface area contributed by atoms with Crippen molar-refractivity contribution >= 4 is 34.4 Å². The zero-order chi connectivity index (χ0) is 11.6. The van der Waals surface area contributed by atoms with E-state index in [1.165, 1.54) is 0 Å². The average Bonchev–Trinajstić information content (AvgIpc) is 2.46. The topological polar surface area (TPSA) is 61.0 Å². The van der Waals surface area contributed by atoms with Gasteiger partial charge in [0.05, 0.1) is 17.8 Å². The fourth-order valence-electron chi connectivity index (χ4n) is 1.08. The minimum atomic E-state index is -0.506. The Morgan fingerprint density at radius 2 is 2.33 bits per heavy atom. The highest BCUT2D eigenvalue weighted by Crippen LogP contribution is 2.25. The molecule has 0 amide bonds. The normalized spacial score (nSPS) is 11.7. The van der Waals surface area contributed by atoms with Gasteiger partial charge in [0.2, 0.25) is 0 Å². The summed E-state index contributed by atoms with van der Waals surface area (Å²) in [6.45, 7) is 4.66. The zero-order valence-corrected chi connectivity index (χ0v) is 11.0. The second-order valence-electron chi connectivity index (χ2n) is 4.08. The summed E-state index contributed by atoms with van der Waals surface area (Å²) in [5.41, 5.74) is -0.0392. The second kappa shape index (κ2) is 4.52. The molecule has 0 aliphatic carbocycles. The lowest BCUT2D eigenvalue weighted by Crippen LogP contribution is -2.21. The molecule has 0 saturated heterocycles. The van der Waals surface area contributed by atoms with E-state index in [0.717, 1.165) is 0 Å². The van der Waals surface area contributed by atoms with E-state index in [1.54, 1.807) is 10.9 Å². The number of hydrogen-bond acceptors (Lipinski definition) is 4. The van der Waals surface area contributed by atoms with Crippen molar-refractivity contribution in [2.75, 3.05) is 5.75 Å². The zero-order valence-electron chi connectivity index (χ0n) is 8.47. The predicted molar refractivity (Wildman–Crippen MR) is 64.2 cm³/mol. The smallest absolute Gasteiger partial charge is 0.358 e. The molecule has 5 nitrogen and oxygen atoms in total. The van der Waals surface area contributed by atoms with Crippen molar-refractivity contribution in [1.29, 1.82) is 0 Å². The fourth-order valence-corrected chi connectivity index (χ4v) is 1.64. The number of halogens is 1. The van der Waals surface area contributed by atoms with Crippen molar-refractivity contribution in [1.82, 2.24) is 9.78 Å². The number of rotatable bonds is 4. The van der Waals surface area contributed by atoms with Crippen LogP contribution < -0.4 is 0 Å². The van der Waals surface area contributed by atoms with Gasteiger partial charge in [0.15, 0.2) is 0 Å². The van der Waals surface area contributed by atoms with Crippen LogP contribution in [0.15, 0.2) is 10.7 Å². The molecule has 0 aromatic carbocycles. The summed E-state index contributed by atoms with van der Waals surface area (Å²) in [4.78, 5) is 10.0. The van der Waals surface area contributed by atoms with Crippen LogP contribution in [0.25, 0.3) is 0 Å². The molecule has 1 aromatic rings. The van der Waals surface area contributed by atoms with Crippen molar-refractivity contribution in [3.63, 3.8) is 0 Å². The second-order valence-corrected chi connectivity index (χ2v) is 5.25. The summed E-state index contributed by atoms with van der Waals surface area (Å²) < 4.78 is 1.97. The van der Waals surface area contributed by atoms with Crippen LogP contribution in [0.1, 0.15) is 13.8 Å². The van der Waals surface area contributed by atoms with Crippen molar-refractivity contribution in [2.24, 2.45) is 5.41 Å². The van der Waals surface area contributed by atoms with Crippen LogP contribution in [0.5, 0.6) is 0 Å². The van der Waals surface area contributed by atoms with Gasteiger partial charge in [-0.2, -0.15) is 17.3 Å². The fraction of sp³-hybridized carbons (Fsp3) is 0.625. The molecule has 0 fully saturated rings. The first-order chi connectivity index (χ1) is 6.85. The lowest BCUT2D eigenvalue weighted by molar-refractivity contribution is -0.390. The summed E-state index contributed by atoms with van der Waals surface area (Å²) in [5, 5.41) is 14.4. The summed E-state index contributed by atoms with van der Waals surface area (Å²) in [7, 11) is 0. The van der Waals surface area contributed by atoms with Crippen LogP contribution in [0.4, 0.5) is 5.82 Å². The van der Waals surface area contributed by atoms with Gasteiger partial charge in [-0.1, -0.05) is 13.8 Å². The average molecular weight is 294 g/mol. The summed E-state index contributed by atoms with van der Waals surface area (Å²) >= 11 is 7.32. The van der Waals surface area contributed by atoms with Gasteiger partial charge < -0.3 is 10.1 Å². The van der Waals surface area contributed by atoms with E-state index >= 15 is 0 Å². The lowest BCUT2D eigenvalue weighted by Gasteiger charge is -2.19. The van der Waals surface area contributed by atoms with Crippen LogP contribution >= 0.6 is 28.6 Å². The Bertz CT molecular complexity index is 378. The van der Waals surface area contributed by atoms with Gasteiger partial charge in [-0.15, -0.1) is 0 Å². The van der Waals surface area contributed by atoms with E-state index in [4.69, 9.17) is 0 Å². The van der Waals surface area contributed by atoms with Crippen molar-refractivity contribution in [3.8, 4) is 0 Å². The Morgan fingerprint density at radius 1 is 1.73 bits per heavy atom. The molecule has 0 aliphatic rings. The van der Waals surface area contributed by atoms with Crippen LogP contribution in [0.3, 0.4) is 0 Å². The first-order valence-corrected chi connectivity index (χ1v) is 5.76. The number of nitrogens with zero attached hydrogens (tertiary/aromatic N) is 3. The Balaban J connectivity index is 2.89. The highest BCUT2D eigenvalue weighted by Gasteiger charge is 2.23. The highest BCUT2D eigenvalue weighted by molar-refractivity contribution is 9.10. The standard InChI is InChI=1S/C8H12BrN3O2S/c1-8(2,5-15)4-11-3-6(9)7(10-11)12(13)14/h3,15H,4-5H2,1-2H3. The SMILES string of the molecule is CC(C)(CS)Cn1cc(Br)c([N+](=O)[O-])n1. The first kappa shape index (κ1) is 12.5. The van der Waals surface area contributed by atoms with Crippen LogP contribution in [-0.4, -0.2) is 20.5 Å². The molecule has 0 N–H and O–H groups in total. The molecule has 1 heterocycles. The molecule has 84 valence electrons. The predicted octanol–water partition coefficient (Wildman–Crippen LogP) is 2.51. The van der Waals surface area contributed by atoms with Crippen LogP contribution in [-0.2, 0) is 6.54 Å². The van der Waals surface area contributed by atoms with E-state index in [0.29, 0.717) is 16.8 Å². The van der Waals surface area contributed by atoms with Crippen LogP contribution in [0.2, 0.25) is 0 Å². The minimum absolute atomic E-state index is 0.0392. The Hall–Kier alpha value is -0.560. The summed E-state index contributed by atoms with van der Waals surface area (Å²) in [6, 6.07) is 0. The Morgan fingerprint density at radius 3 is 2.73 bits per heavy atom. The van der Waals surface area contributed by atoms with Gasteiger partial charge in [0.1, 0.15) is 4.47 Å². The summed E-state index contributed by atoms with van der Waals surface area (Å²) in [6.07, 6.45) is 1.61. The van der Waals surface area contributed by atoms with E-state index in [2.05, 4.69) is 33.7 Å². The van der Waals surface area contributed by atoms with E-state index in [-0.39, 0.29) is 11.2 Å². The number of aromatic nitrogens is 2. The molecule has 0 bridgehead atoms. The third kappa shape index (κ3) is 3.20. The van der Waals surface area contributed by atoms with Gasteiger partial charge in [0, 0.05) is 0 Å². The third-order valence-electron chi connectivity index (χ3n) is 1.89. The van der Waals surface area contributed by atoms with Gasteiger partial charge in [-0.05, 0) is 32.0 Å². The molecular weight excluding hydrogens is 282 g/mol. The quantitative estimate of drug-likeness (QED) is 0.527.